The van der Waals surface area contributed by atoms with E-state index in [1.165, 1.54) is 80.0 Å². The second-order valence-electron chi connectivity index (χ2n) is 31.8. The van der Waals surface area contributed by atoms with Crippen molar-refractivity contribution in [3.63, 3.8) is 0 Å². The maximum Gasteiger partial charge on any atom is 0.246 e. The summed E-state index contributed by atoms with van der Waals surface area (Å²) in [5.74, 6) is 3.59. The average Bonchev–Trinajstić information content (AvgIpc) is 1.30. The molecule has 0 aliphatic carbocycles. The molecule has 4 amide bonds. The Morgan fingerprint density at radius 1 is 0.344 bits per heavy atom. The largest absolute Gasteiger partial charge is 0.508 e. The van der Waals surface area contributed by atoms with Crippen molar-refractivity contribution in [1.29, 1.82) is 0 Å². The van der Waals surface area contributed by atoms with Crippen LogP contribution in [0.15, 0.2) is 215 Å². The number of aromatic nitrogens is 9. The van der Waals surface area contributed by atoms with Gasteiger partial charge in [-0.1, -0.05) is 111 Å². The van der Waals surface area contributed by atoms with Crippen LogP contribution in [-0.2, 0) is 71.0 Å². The van der Waals surface area contributed by atoms with Crippen LogP contribution in [0.3, 0.4) is 0 Å². The predicted molar refractivity (Wildman–Crippen MR) is 481 cm³/mol. The number of rotatable bonds is 12. The Labute approximate surface area is 709 Å². The molecule has 3 N–H and O–H groups in total. The van der Waals surface area contributed by atoms with Crippen molar-refractivity contribution in [2.24, 2.45) is 0 Å². The van der Waals surface area contributed by atoms with Gasteiger partial charge in [0, 0.05) is 210 Å². The van der Waals surface area contributed by atoms with Crippen LogP contribution in [0.4, 0.5) is 45.9 Å². The normalized spacial score (nSPS) is 16.4. The topological polar surface area (TPSA) is 267 Å². The van der Waals surface area contributed by atoms with Gasteiger partial charge in [0.1, 0.15) is 47.9 Å². The van der Waals surface area contributed by atoms with Gasteiger partial charge >= 0.3 is 0 Å². The number of aromatic amines is 1. The standard InChI is InChI=1S/C25H26N4O2.C24H25N5O2.C24H25N5O.C22H25N7O/c1-2-25(31)28-13-11-27(12-14-28)23-7-9-26-22-17-29(10-8-21(22)23)24-16-19(30)15-18-5-3-4-6-20(18)24;1-2-23(31)27-10-12-28(13-11-27)24-19-8-9-29(15-21(19)25-16-26-24)22-5-3-4-17-6-7-18(30)14-20(17)22;1-2-23(30)27-12-14-28(15-13-27)24-20-10-11-29(16-21(20)25-17-26-24)22-9-5-7-18-6-3-4-8-19(18)22;1-3-20(30)27-8-10-28(11-9-27)22-16-6-7-29(13-19(16)23-14-24-22)21-15(2)4-5-18-17(21)12-25-26-18/h2-7,9,15-16,30H,1,8,10-14,17H2;2-7,14,16,30H,1,8-13,15H2;2-9,17H,1,10-16H2;3-5,12,14H,1,6-11,13H2,2H3,(H,25,26). The van der Waals surface area contributed by atoms with E-state index >= 15 is 0 Å². The van der Waals surface area contributed by atoms with Crippen molar-refractivity contribution >= 4 is 113 Å². The number of carbonyl (C=O) groups excluding carboxylic acids is 4. The van der Waals surface area contributed by atoms with Crippen LogP contribution in [0.25, 0.3) is 43.2 Å². The highest BCUT2D eigenvalue weighted by Gasteiger charge is 2.34. The summed E-state index contributed by atoms with van der Waals surface area (Å²) >= 11 is 0. The first-order chi connectivity index (χ1) is 59.7. The minimum atomic E-state index is -0.0128. The van der Waals surface area contributed by atoms with Crippen LogP contribution in [0.1, 0.15) is 50.6 Å². The Balaban J connectivity index is 0.000000116. The fraction of sp³-hybridized carbons (Fsp3) is 0.305. The molecule has 27 heteroatoms. The maximum atomic E-state index is 11.9. The van der Waals surface area contributed by atoms with Gasteiger partial charge in [-0.25, -0.2) is 29.9 Å². The molecule has 0 unspecified atom stereocenters. The SMILES string of the molecule is C=CC(=O)N1CCN(c2ccnc3c2CCN(c2cc(O)cc4ccccc24)C3)CC1.C=CC(=O)N1CCN(c2ncnc3c2CCN(c2c(C)ccc4[nH]ncc24)C3)CC1.C=CC(=O)N1CCN(c2ncnc3c2CCN(c2cccc4ccc(O)cc24)C3)CC1.C=CC(=O)N1CCN(c2ncnc3c2CCN(c2cccc4ccccc24)C3)CC1. The van der Waals surface area contributed by atoms with Crippen molar-refractivity contribution in [3.8, 4) is 11.5 Å². The van der Waals surface area contributed by atoms with Crippen molar-refractivity contribution in [2.75, 3.05) is 170 Å². The van der Waals surface area contributed by atoms with E-state index in [4.69, 9.17) is 4.98 Å². The lowest BCUT2D eigenvalue weighted by Gasteiger charge is -2.38. The number of hydrogen-bond donors (Lipinski definition) is 3. The van der Waals surface area contributed by atoms with Gasteiger partial charge < -0.3 is 69.0 Å². The van der Waals surface area contributed by atoms with E-state index < -0.39 is 0 Å². The summed E-state index contributed by atoms with van der Waals surface area (Å²) in [6.45, 7) is 34.9. The summed E-state index contributed by atoms with van der Waals surface area (Å²) in [6, 6.07) is 44.9. The number of H-pyrrole nitrogens is 1. The van der Waals surface area contributed by atoms with Crippen LogP contribution in [-0.4, -0.2) is 229 Å². The molecule has 0 bridgehead atoms. The summed E-state index contributed by atoms with van der Waals surface area (Å²) in [6.07, 6.45) is 17.9. The van der Waals surface area contributed by atoms with Crippen molar-refractivity contribution in [3.05, 3.63) is 266 Å². The van der Waals surface area contributed by atoms with Crippen LogP contribution < -0.4 is 39.2 Å². The van der Waals surface area contributed by atoms with E-state index in [-0.39, 0.29) is 35.1 Å². The average molecular weight is 1630 g/mol. The van der Waals surface area contributed by atoms with Crippen molar-refractivity contribution in [1.82, 2.24) is 64.7 Å². The molecule has 8 aliphatic rings. The number of benzene rings is 7. The second kappa shape index (κ2) is 35.9. The molecule has 27 nitrogen and oxygen atoms in total. The van der Waals surface area contributed by atoms with Gasteiger partial charge in [-0.15, -0.1) is 0 Å². The number of amides is 4. The molecule has 0 atom stereocenters. The van der Waals surface area contributed by atoms with Gasteiger partial charge in [-0.05, 0) is 121 Å². The van der Waals surface area contributed by atoms with E-state index in [9.17, 15) is 29.4 Å². The number of pyridine rings is 1. The van der Waals surface area contributed by atoms with E-state index in [0.717, 1.165) is 201 Å². The van der Waals surface area contributed by atoms with E-state index in [2.05, 4.69) is 197 Å². The van der Waals surface area contributed by atoms with E-state index in [0.29, 0.717) is 65.4 Å². The predicted octanol–water partition coefficient (Wildman–Crippen LogP) is 11.2. The van der Waals surface area contributed by atoms with Crippen molar-refractivity contribution < 1.29 is 29.4 Å². The molecule has 5 aromatic heterocycles. The first-order valence-electron chi connectivity index (χ1n) is 42.1. The van der Waals surface area contributed by atoms with Crippen LogP contribution in [0.2, 0.25) is 0 Å². The molecule has 4 saturated heterocycles. The number of carbonyl (C=O) groups is 4. The molecular formula is C95H101N21O6. The monoisotopic (exact) mass is 1630 g/mol. The molecule has 122 heavy (non-hydrogen) atoms. The molecule has 12 aromatic rings. The minimum Gasteiger partial charge on any atom is -0.508 e. The fourth-order valence-corrected chi connectivity index (χ4v) is 18.5. The molecular weight excluding hydrogens is 1530 g/mol. The summed E-state index contributed by atoms with van der Waals surface area (Å²) in [5.41, 5.74) is 17.4. The van der Waals surface area contributed by atoms with E-state index in [1.807, 2.05) is 74.5 Å². The molecule has 0 saturated carbocycles. The first kappa shape index (κ1) is 80.4. The first-order valence-corrected chi connectivity index (χ1v) is 42.1. The van der Waals surface area contributed by atoms with Gasteiger partial charge in [0.05, 0.1) is 66.4 Å². The number of phenols is 2. The third-order valence-corrected chi connectivity index (χ3v) is 24.9. The number of nitrogens with zero attached hydrogens (tertiary/aromatic N) is 20. The number of phenolic OH excluding ortho intramolecular Hbond substituents is 2. The molecule has 0 spiro atoms. The number of fused-ring (bicyclic) bond motifs is 8. The highest BCUT2D eigenvalue weighted by molar-refractivity contribution is 5.98. The van der Waals surface area contributed by atoms with Gasteiger partial charge in [0.2, 0.25) is 23.6 Å². The zero-order valence-corrected chi connectivity index (χ0v) is 69.0. The molecule has 622 valence electrons. The lowest BCUT2D eigenvalue weighted by Crippen LogP contribution is -2.49. The molecule has 20 rings (SSSR count). The summed E-state index contributed by atoms with van der Waals surface area (Å²) in [5, 5.41) is 35.5. The number of hydrogen-bond acceptors (Lipinski definition) is 22. The number of piperazine rings is 4. The summed E-state index contributed by atoms with van der Waals surface area (Å²) in [7, 11) is 0. The third-order valence-electron chi connectivity index (χ3n) is 24.9. The number of nitrogens with one attached hydrogen (secondary N) is 1. The Bertz CT molecular complexity index is 5960. The van der Waals surface area contributed by atoms with E-state index in [1.54, 1.807) is 25.0 Å². The summed E-state index contributed by atoms with van der Waals surface area (Å²) in [4.78, 5) is 106. The zero-order valence-electron chi connectivity index (χ0n) is 69.0. The Morgan fingerprint density at radius 3 is 1.25 bits per heavy atom. The molecule has 0 radical (unpaired) electrons. The summed E-state index contributed by atoms with van der Waals surface area (Å²) < 4.78 is 0. The molecule has 4 fully saturated rings. The van der Waals surface area contributed by atoms with Crippen LogP contribution in [0, 0.1) is 6.92 Å². The van der Waals surface area contributed by atoms with Gasteiger partial charge in [-0.3, -0.25) is 29.3 Å². The highest BCUT2D eigenvalue weighted by Crippen LogP contribution is 2.41. The van der Waals surface area contributed by atoms with Gasteiger partial charge in [0.25, 0.3) is 0 Å². The fourth-order valence-electron chi connectivity index (χ4n) is 18.5. The number of anilines is 8. The highest BCUT2D eigenvalue weighted by atomic mass is 16.3. The zero-order chi connectivity index (χ0) is 83.9. The lowest BCUT2D eigenvalue weighted by molar-refractivity contribution is -0.127. The van der Waals surface area contributed by atoms with Crippen molar-refractivity contribution in [2.45, 2.75) is 58.8 Å². The van der Waals surface area contributed by atoms with Crippen LogP contribution in [0.5, 0.6) is 11.5 Å². The number of aromatic hydroxyl groups is 2. The maximum absolute atomic E-state index is 11.9. The Kier molecular flexibility index (Phi) is 23.7. The number of aryl methyl sites for hydroxylation is 1. The minimum absolute atomic E-state index is 0.00111. The van der Waals surface area contributed by atoms with Gasteiger partial charge in [-0.2, -0.15) is 5.10 Å². The molecule has 13 heterocycles. The lowest BCUT2D eigenvalue weighted by atomic mass is 9.99. The smallest absolute Gasteiger partial charge is 0.246 e. The molecule has 7 aromatic carbocycles. The Hall–Kier alpha value is -14.0. The third kappa shape index (κ3) is 16.8. The second-order valence-corrected chi connectivity index (χ2v) is 31.8. The Morgan fingerprint density at radius 2 is 0.754 bits per heavy atom. The quantitative estimate of drug-likeness (QED) is 0.0960. The van der Waals surface area contributed by atoms with Crippen LogP contribution >= 0.6 is 0 Å². The van der Waals surface area contributed by atoms with Gasteiger partial charge in [0.15, 0.2) is 0 Å². The molecule has 8 aliphatic heterocycles.